The van der Waals surface area contributed by atoms with E-state index in [2.05, 4.69) is 27.8 Å². The Kier molecular flexibility index (Phi) is 6.22. The third-order valence-corrected chi connectivity index (χ3v) is 2.91. The van der Waals surface area contributed by atoms with Gasteiger partial charge >= 0.3 is 0 Å². The summed E-state index contributed by atoms with van der Waals surface area (Å²) in [7, 11) is 1.57. The van der Waals surface area contributed by atoms with Crippen molar-refractivity contribution in [3.63, 3.8) is 0 Å². The number of benzene rings is 1. The molecule has 0 heterocycles. The second-order valence-corrected chi connectivity index (χ2v) is 5.29. The second kappa shape index (κ2) is 7.44. The van der Waals surface area contributed by atoms with Gasteiger partial charge in [0.05, 0.1) is 12.1 Å². The maximum atomic E-state index is 11.5. The van der Waals surface area contributed by atoms with Gasteiger partial charge in [0.15, 0.2) is 0 Å². The number of nitrogens with one attached hydrogen (secondary N) is 1. The Morgan fingerprint density at radius 2 is 2.28 bits per heavy atom. The van der Waals surface area contributed by atoms with Crippen LogP contribution in [0.5, 0.6) is 5.75 Å². The van der Waals surface area contributed by atoms with Crippen LogP contribution in [-0.2, 0) is 11.2 Å². The molecule has 1 amide bonds. The quantitative estimate of drug-likeness (QED) is 0.868. The molecule has 0 saturated carbocycles. The van der Waals surface area contributed by atoms with Gasteiger partial charge < -0.3 is 10.1 Å². The smallest absolute Gasteiger partial charge is 0.220 e. The lowest BCUT2D eigenvalue weighted by Gasteiger charge is -2.06. The first kappa shape index (κ1) is 15.1. The first-order chi connectivity index (χ1) is 8.52. The van der Waals surface area contributed by atoms with Crippen LogP contribution in [0, 0.1) is 0 Å². The van der Waals surface area contributed by atoms with E-state index in [4.69, 9.17) is 16.3 Å². The molecule has 0 saturated heterocycles. The van der Waals surface area contributed by atoms with E-state index in [1.807, 2.05) is 12.1 Å². The summed E-state index contributed by atoms with van der Waals surface area (Å²) in [5, 5.41) is 3.31. The Hall–Kier alpha value is -1.00. The van der Waals surface area contributed by atoms with Gasteiger partial charge in [-0.05, 0) is 24.1 Å². The number of hydrogen-bond donors (Lipinski definition) is 1. The topological polar surface area (TPSA) is 38.3 Å². The third-order valence-electron chi connectivity index (χ3n) is 2.33. The van der Waals surface area contributed by atoms with Crippen molar-refractivity contribution in [2.24, 2.45) is 0 Å². The molecule has 0 bridgehead atoms. The van der Waals surface area contributed by atoms with E-state index >= 15 is 0 Å². The molecule has 1 rings (SSSR count). The SMILES string of the molecule is C=C(Br)CNC(=O)CCc1ccc(OC)c(Cl)c1. The molecule has 0 atom stereocenters. The van der Waals surface area contributed by atoms with Crippen LogP contribution in [0.2, 0.25) is 5.02 Å². The minimum atomic E-state index is -0.0115. The summed E-state index contributed by atoms with van der Waals surface area (Å²) in [5.74, 6) is 0.628. The summed E-state index contributed by atoms with van der Waals surface area (Å²) in [4.78, 5) is 11.5. The minimum Gasteiger partial charge on any atom is -0.495 e. The molecule has 0 aliphatic heterocycles. The monoisotopic (exact) mass is 331 g/mol. The van der Waals surface area contributed by atoms with Crippen LogP contribution >= 0.6 is 27.5 Å². The predicted octanol–water partition coefficient (Wildman–Crippen LogP) is 3.31. The average molecular weight is 333 g/mol. The van der Waals surface area contributed by atoms with Gasteiger partial charge in [0, 0.05) is 17.4 Å². The Bertz CT molecular complexity index is 449. The summed E-state index contributed by atoms with van der Waals surface area (Å²) < 4.78 is 5.82. The van der Waals surface area contributed by atoms with Gasteiger partial charge in [-0.3, -0.25) is 4.79 Å². The molecule has 0 fully saturated rings. The average Bonchev–Trinajstić information content (AvgIpc) is 2.34. The zero-order chi connectivity index (χ0) is 13.5. The van der Waals surface area contributed by atoms with Crippen LogP contribution in [0.25, 0.3) is 0 Å². The number of amides is 1. The number of carbonyl (C=O) groups is 1. The molecule has 98 valence electrons. The van der Waals surface area contributed by atoms with Crippen LogP contribution < -0.4 is 10.1 Å². The van der Waals surface area contributed by atoms with Crippen molar-refractivity contribution >= 4 is 33.4 Å². The van der Waals surface area contributed by atoms with Gasteiger partial charge in [-0.15, -0.1) is 0 Å². The maximum Gasteiger partial charge on any atom is 0.220 e. The first-order valence-corrected chi connectivity index (χ1v) is 6.62. The molecule has 1 aromatic carbocycles. The minimum absolute atomic E-state index is 0.0115. The summed E-state index contributed by atoms with van der Waals surface area (Å²) in [6.07, 6.45) is 1.06. The number of rotatable bonds is 6. The fourth-order valence-corrected chi connectivity index (χ4v) is 1.83. The van der Waals surface area contributed by atoms with Crippen LogP contribution in [-0.4, -0.2) is 19.6 Å². The molecule has 0 radical (unpaired) electrons. The van der Waals surface area contributed by atoms with E-state index < -0.39 is 0 Å². The number of halogens is 2. The molecule has 0 spiro atoms. The fourth-order valence-electron chi connectivity index (χ4n) is 1.41. The van der Waals surface area contributed by atoms with Crippen LogP contribution in [0.4, 0.5) is 0 Å². The van der Waals surface area contributed by atoms with E-state index in [0.29, 0.717) is 30.2 Å². The summed E-state index contributed by atoms with van der Waals surface area (Å²) in [5.41, 5.74) is 1.01. The normalized spacial score (nSPS) is 9.94. The standard InChI is InChI=1S/C13H15BrClNO2/c1-9(14)8-16-13(17)6-4-10-3-5-12(18-2)11(15)7-10/h3,5,7H,1,4,6,8H2,2H3,(H,16,17). The van der Waals surface area contributed by atoms with E-state index in [1.165, 1.54) is 0 Å². The van der Waals surface area contributed by atoms with Crippen molar-refractivity contribution < 1.29 is 9.53 Å². The summed E-state index contributed by atoms with van der Waals surface area (Å²) in [6, 6.07) is 5.52. The molecule has 3 nitrogen and oxygen atoms in total. The van der Waals surface area contributed by atoms with Crippen LogP contribution in [0.1, 0.15) is 12.0 Å². The Balaban J connectivity index is 2.46. The van der Waals surface area contributed by atoms with Crippen LogP contribution in [0.3, 0.4) is 0 Å². The van der Waals surface area contributed by atoms with E-state index in [9.17, 15) is 4.79 Å². The highest BCUT2D eigenvalue weighted by Crippen LogP contribution is 2.25. The van der Waals surface area contributed by atoms with E-state index in [0.717, 1.165) is 10.0 Å². The number of carbonyl (C=O) groups excluding carboxylic acids is 1. The lowest BCUT2D eigenvalue weighted by Crippen LogP contribution is -2.24. The molecule has 0 aliphatic carbocycles. The number of methoxy groups -OCH3 is 1. The zero-order valence-electron chi connectivity index (χ0n) is 10.1. The first-order valence-electron chi connectivity index (χ1n) is 5.45. The zero-order valence-corrected chi connectivity index (χ0v) is 12.5. The molecule has 18 heavy (non-hydrogen) atoms. The van der Waals surface area contributed by atoms with Gasteiger partial charge in [0.1, 0.15) is 5.75 Å². The van der Waals surface area contributed by atoms with Crippen LogP contribution in [0.15, 0.2) is 29.3 Å². The number of ether oxygens (including phenoxy) is 1. The summed E-state index contributed by atoms with van der Waals surface area (Å²) in [6.45, 7) is 4.09. The highest BCUT2D eigenvalue weighted by Gasteiger charge is 2.05. The number of aryl methyl sites for hydroxylation is 1. The molecule has 1 N–H and O–H groups in total. The molecule has 0 aromatic heterocycles. The van der Waals surface area contributed by atoms with Crippen molar-refractivity contribution in [2.45, 2.75) is 12.8 Å². The Labute approximate surface area is 120 Å². The largest absolute Gasteiger partial charge is 0.495 e. The lowest BCUT2D eigenvalue weighted by atomic mass is 10.1. The molecule has 5 heteroatoms. The predicted molar refractivity (Wildman–Crippen MR) is 77.4 cm³/mol. The van der Waals surface area contributed by atoms with Crippen molar-refractivity contribution in [3.05, 3.63) is 39.8 Å². The third kappa shape index (κ3) is 5.10. The number of hydrogen-bond acceptors (Lipinski definition) is 2. The van der Waals surface area contributed by atoms with Crippen molar-refractivity contribution in [3.8, 4) is 5.75 Å². The molecule has 0 unspecified atom stereocenters. The van der Waals surface area contributed by atoms with E-state index in [-0.39, 0.29) is 5.91 Å². The Morgan fingerprint density at radius 1 is 1.56 bits per heavy atom. The molecular formula is C13H15BrClNO2. The highest BCUT2D eigenvalue weighted by atomic mass is 79.9. The summed E-state index contributed by atoms with van der Waals surface area (Å²) >= 11 is 9.19. The lowest BCUT2D eigenvalue weighted by molar-refractivity contribution is -0.120. The van der Waals surface area contributed by atoms with Gasteiger partial charge in [0.25, 0.3) is 0 Å². The van der Waals surface area contributed by atoms with Gasteiger partial charge in [-0.1, -0.05) is 40.2 Å². The molecular weight excluding hydrogens is 318 g/mol. The van der Waals surface area contributed by atoms with Crippen molar-refractivity contribution in [1.82, 2.24) is 5.32 Å². The van der Waals surface area contributed by atoms with E-state index in [1.54, 1.807) is 13.2 Å². The highest BCUT2D eigenvalue weighted by molar-refractivity contribution is 9.11. The van der Waals surface area contributed by atoms with Crippen molar-refractivity contribution in [1.29, 1.82) is 0 Å². The maximum absolute atomic E-state index is 11.5. The Morgan fingerprint density at radius 3 is 2.83 bits per heavy atom. The molecule has 1 aromatic rings. The van der Waals surface area contributed by atoms with Crippen molar-refractivity contribution in [2.75, 3.05) is 13.7 Å². The second-order valence-electron chi connectivity index (χ2n) is 3.76. The van der Waals surface area contributed by atoms with Gasteiger partial charge in [-0.25, -0.2) is 0 Å². The van der Waals surface area contributed by atoms with Gasteiger partial charge in [-0.2, -0.15) is 0 Å². The molecule has 0 aliphatic rings. The van der Waals surface area contributed by atoms with Gasteiger partial charge in [0.2, 0.25) is 5.91 Å². The fraction of sp³-hybridized carbons (Fsp3) is 0.308.